The topological polar surface area (TPSA) is 67.1 Å². The summed E-state index contributed by atoms with van der Waals surface area (Å²) < 4.78 is 15.2. The van der Waals surface area contributed by atoms with Gasteiger partial charge in [0.05, 0.1) is 6.54 Å². The summed E-state index contributed by atoms with van der Waals surface area (Å²) in [6.07, 6.45) is 6.29. The van der Waals surface area contributed by atoms with Crippen molar-refractivity contribution in [3.05, 3.63) is 77.3 Å². The summed E-state index contributed by atoms with van der Waals surface area (Å²) in [4.78, 5) is 13.4. The number of aliphatic imine (C=N–C) groups is 1. The number of hydrogen-bond donors (Lipinski definition) is 2. The van der Waals surface area contributed by atoms with E-state index in [2.05, 4.69) is 25.6 Å². The van der Waals surface area contributed by atoms with Gasteiger partial charge in [0.2, 0.25) is 0 Å². The summed E-state index contributed by atoms with van der Waals surface area (Å²) in [6.45, 7) is 7.93. The first-order valence-electron chi connectivity index (χ1n) is 9.79. The molecule has 0 saturated heterocycles. The second kappa shape index (κ2) is 9.82. The monoisotopic (exact) mass is 394 g/mol. The highest BCUT2D eigenvalue weighted by atomic mass is 19.1. The lowest BCUT2D eigenvalue weighted by Gasteiger charge is -2.12. The van der Waals surface area contributed by atoms with Crippen molar-refractivity contribution in [1.29, 1.82) is 0 Å². The first-order valence-corrected chi connectivity index (χ1v) is 9.79. The zero-order valence-corrected chi connectivity index (χ0v) is 17.1. The molecular weight excluding hydrogens is 367 g/mol. The maximum Gasteiger partial charge on any atom is 0.191 e. The van der Waals surface area contributed by atoms with Gasteiger partial charge in [0.25, 0.3) is 0 Å². The summed E-state index contributed by atoms with van der Waals surface area (Å²) in [5.74, 6) is 2.30. The molecule has 29 heavy (non-hydrogen) atoms. The molecule has 0 aliphatic heterocycles. The van der Waals surface area contributed by atoms with E-state index in [1.54, 1.807) is 12.3 Å². The predicted molar refractivity (Wildman–Crippen MR) is 114 cm³/mol. The van der Waals surface area contributed by atoms with Gasteiger partial charge in [-0.3, -0.25) is 4.57 Å². The molecule has 0 fully saturated rings. The largest absolute Gasteiger partial charge is 0.357 e. The number of pyridine rings is 1. The Morgan fingerprint density at radius 2 is 2.00 bits per heavy atom. The van der Waals surface area contributed by atoms with E-state index in [-0.39, 0.29) is 5.82 Å². The lowest BCUT2D eigenvalue weighted by Crippen LogP contribution is -2.38. The van der Waals surface area contributed by atoms with Crippen molar-refractivity contribution in [1.82, 2.24) is 25.2 Å². The van der Waals surface area contributed by atoms with E-state index in [4.69, 9.17) is 0 Å². The molecule has 2 aromatic heterocycles. The highest BCUT2D eigenvalue weighted by Gasteiger charge is 2.04. The predicted octanol–water partition coefficient (Wildman–Crippen LogP) is 3.32. The quantitative estimate of drug-likeness (QED) is 0.477. The van der Waals surface area contributed by atoms with Crippen LogP contribution < -0.4 is 10.6 Å². The Bertz CT molecular complexity index is 962. The van der Waals surface area contributed by atoms with Crippen LogP contribution in [0.1, 0.15) is 29.4 Å². The summed E-state index contributed by atoms with van der Waals surface area (Å²) in [5, 5.41) is 6.59. The fourth-order valence-corrected chi connectivity index (χ4v) is 3.04. The number of halogens is 1. The van der Waals surface area contributed by atoms with E-state index in [0.29, 0.717) is 6.54 Å². The van der Waals surface area contributed by atoms with E-state index in [1.165, 1.54) is 6.07 Å². The molecule has 0 radical (unpaired) electrons. The van der Waals surface area contributed by atoms with E-state index < -0.39 is 0 Å². The minimum Gasteiger partial charge on any atom is -0.357 e. The molecule has 0 atom stereocenters. The molecule has 0 aliphatic rings. The summed E-state index contributed by atoms with van der Waals surface area (Å²) >= 11 is 0. The van der Waals surface area contributed by atoms with Crippen LogP contribution in [0, 0.1) is 19.7 Å². The third-order valence-electron chi connectivity index (χ3n) is 4.64. The van der Waals surface area contributed by atoms with Crippen molar-refractivity contribution in [2.24, 2.45) is 4.99 Å². The SMILES string of the molecule is CCNC(=NCc1ccc(-n2ccnc2C)nc1)NCCc1ccc(F)cc1C. The van der Waals surface area contributed by atoms with Crippen molar-refractivity contribution in [3.8, 4) is 5.82 Å². The van der Waals surface area contributed by atoms with Crippen LogP contribution in [0.15, 0.2) is 53.9 Å². The molecule has 1 aromatic carbocycles. The average molecular weight is 394 g/mol. The number of benzene rings is 1. The Labute approximate surface area is 170 Å². The van der Waals surface area contributed by atoms with Gasteiger partial charge >= 0.3 is 0 Å². The second-order valence-corrected chi connectivity index (χ2v) is 6.81. The minimum absolute atomic E-state index is 0.197. The number of nitrogens with one attached hydrogen (secondary N) is 2. The van der Waals surface area contributed by atoms with Crippen LogP contribution in [0.2, 0.25) is 0 Å². The maximum atomic E-state index is 13.2. The minimum atomic E-state index is -0.197. The molecule has 0 spiro atoms. The van der Waals surface area contributed by atoms with Crippen molar-refractivity contribution in [2.75, 3.05) is 13.1 Å². The summed E-state index contributed by atoms with van der Waals surface area (Å²) in [5.41, 5.74) is 3.12. The highest BCUT2D eigenvalue weighted by Crippen LogP contribution is 2.11. The lowest BCUT2D eigenvalue weighted by atomic mass is 10.1. The summed E-state index contributed by atoms with van der Waals surface area (Å²) in [6, 6.07) is 8.90. The second-order valence-electron chi connectivity index (χ2n) is 6.81. The van der Waals surface area contributed by atoms with Crippen LogP contribution in [0.5, 0.6) is 0 Å². The zero-order valence-electron chi connectivity index (χ0n) is 17.1. The standard InChI is InChI=1S/C22H27FN6/c1-4-24-22(26-10-9-19-6-7-20(23)13-16(19)2)28-15-18-5-8-21(27-14-18)29-12-11-25-17(29)3/h5-8,11-14H,4,9-10,15H2,1-3H3,(H2,24,26,28). The molecule has 0 saturated carbocycles. The number of aromatic nitrogens is 3. The van der Waals surface area contributed by atoms with Gasteiger partial charge in [-0.05, 0) is 62.1 Å². The van der Waals surface area contributed by atoms with Gasteiger partial charge in [0.1, 0.15) is 17.5 Å². The van der Waals surface area contributed by atoms with E-state index in [0.717, 1.165) is 53.8 Å². The zero-order chi connectivity index (χ0) is 20.6. The Morgan fingerprint density at radius 3 is 2.66 bits per heavy atom. The Morgan fingerprint density at radius 1 is 1.14 bits per heavy atom. The van der Waals surface area contributed by atoms with Gasteiger partial charge in [-0.1, -0.05) is 12.1 Å². The Hall–Kier alpha value is -3.22. The molecular formula is C22H27FN6. The number of guanidine groups is 1. The van der Waals surface area contributed by atoms with Crippen molar-refractivity contribution >= 4 is 5.96 Å². The van der Waals surface area contributed by atoms with Gasteiger partial charge in [-0.2, -0.15) is 0 Å². The fraction of sp³-hybridized carbons (Fsp3) is 0.318. The molecule has 6 nitrogen and oxygen atoms in total. The number of hydrogen-bond acceptors (Lipinski definition) is 3. The number of imidazole rings is 1. The van der Waals surface area contributed by atoms with Gasteiger partial charge in [0.15, 0.2) is 5.96 Å². The Balaban J connectivity index is 1.58. The van der Waals surface area contributed by atoms with E-state index in [1.807, 2.05) is 55.9 Å². The first kappa shape index (κ1) is 20.5. The third-order valence-corrected chi connectivity index (χ3v) is 4.64. The van der Waals surface area contributed by atoms with Crippen LogP contribution >= 0.6 is 0 Å². The third kappa shape index (κ3) is 5.63. The van der Waals surface area contributed by atoms with Crippen LogP contribution in [-0.4, -0.2) is 33.6 Å². The van der Waals surface area contributed by atoms with Crippen LogP contribution in [0.25, 0.3) is 5.82 Å². The molecule has 3 rings (SSSR count). The number of nitrogens with zero attached hydrogens (tertiary/aromatic N) is 4. The maximum absolute atomic E-state index is 13.2. The van der Waals surface area contributed by atoms with E-state index >= 15 is 0 Å². The van der Waals surface area contributed by atoms with Gasteiger partial charge < -0.3 is 10.6 Å². The Kier molecular flexibility index (Phi) is 6.94. The molecule has 2 heterocycles. The number of aryl methyl sites for hydroxylation is 2. The normalized spacial score (nSPS) is 11.5. The van der Waals surface area contributed by atoms with Gasteiger partial charge in [0, 0.05) is 31.7 Å². The van der Waals surface area contributed by atoms with Crippen molar-refractivity contribution in [2.45, 2.75) is 33.7 Å². The van der Waals surface area contributed by atoms with E-state index in [9.17, 15) is 4.39 Å². The van der Waals surface area contributed by atoms with Gasteiger partial charge in [-0.15, -0.1) is 0 Å². The van der Waals surface area contributed by atoms with Crippen LogP contribution in [0.3, 0.4) is 0 Å². The molecule has 0 amide bonds. The van der Waals surface area contributed by atoms with Gasteiger partial charge in [-0.25, -0.2) is 19.4 Å². The van der Waals surface area contributed by atoms with Crippen molar-refractivity contribution in [3.63, 3.8) is 0 Å². The molecule has 152 valence electrons. The molecule has 0 unspecified atom stereocenters. The summed E-state index contributed by atoms with van der Waals surface area (Å²) in [7, 11) is 0. The molecule has 2 N–H and O–H groups in total. The first-order chi connectivity index (χ1) is 14.1. The average Bonchev–Trinajstić information content (AvgIpc) is 3.14. The molecule has 0 aliphatic carbocycles. The highest BCUT2D eigenvalue weighted by molar-refractivity contribution is 5.79. The fourth-order valence-electron chi connectivity index (χ4n) is 3.04. The van der Waals surface area contributed by atoms with Crippen LogP contribution in [-0.2, 0) is 13.0 Å². The van der Waals surface area contributed by atoms with Crippen LogP contribution in [0.4, 0.5) is 4.39 Å². The number of rotatable bonds is 7. The molecule has 7 heteroatoms. The lowest BCUT2D eigenvalue weighted by molar-refractivity contribution is 0.625. The van der Waals surface area contributed by atoms with Crippen molar-refractivity contribution < 1.29 is 4.39 Å². The molecule has 0 bridgehead atoms. The smallest absolute Gasteiger partial charge is 0.191 e. The molecule has 3 aromatic rings.